The van der Waals surface area contributed by atoms with Gasteiger partial charge in [-0.1, -0.05) is 26.7 Å². The third-order valence-corrected chi connectivity index (χ3v) is 2.70. The van der Waals surface area contributed by atoms with Crippen LogP contribution in [0.3, 0.4) is 0 Å². The molecule has 0 rings (SSSR count). The molecule has 0 saturated heterocycles. The van der Waals surface area contributed by atoms with Gasteiger partial charge in [0.2, 0.25) is 0 Å². The standard InChI is InChI=1S/C12H25NO2/c1-6-8-9-12(7-2,11(14)15-5)13-10(3)4/h10,13H,6-9H2,1-5H3. The average Bonchev–Trinajstić information content (AvgIpc) is 2.22. The van der Waals surface area contributed by atoms with Gasteiger partial charge in [0, 0.05) is 6.04 Å². The number of unbranched alkanes of at least 4 members (excludes halogenated alkanes) is 1. The van der Waals surface area contributed by atoms with E-state index in [1.807, 2.05) is 6.92 Å². The van der Waals surface area contributed by atoms with Crippen molar-refractivity contribution in [2.75, 3.05) is 7.11 Å². The molecular weight excluding hydrogens is 190 g/mol. The van der Waals surface area contributed by atoms with Gasteiger partial charge in [0.05, 0.1) is 7.11 Å². The fourth-order valence-corrected chi connectivity index (χ4v) is 1.88. The van der Waals surface area contributed by atoms with E-state index in [0.29, 0.717) is 6.04 Å². The fourth-order valence-electron chi connectivity index (χ4n) is 1.88. The van der Waals surface area contributed by atoms with Gasteiger partial charge in [-0.15, -0.1) is 0 Å². The molecule has 1 atom stereocenters. The van der Waals surface area contributed by atoms with Gasteiger partial charge >= 0.3 is 5.97 Å². The Hall–Kier alpha value is -0.570. The minimum absolute atomic E-state index is 0.132. The minimum atomic E-state index is -0.487. The number of methoxy groups -OCH3 is 1. The van der Waals surface area contributed by atoms with E-state index in [4.69, 9.17) is 4.74 Å². The molecule has 0 fully saturated rings. The highest BCUT2D eigenvalue weighted by Gasteiger charge is 2.37. The molecule has 0 aliphatic heterocycles. The number of esters is 1. The first-order valence-corrected chi connectivity index (χ1v) is 5.88. The molecule has 0 aromatic heterocycles. The molecular formula is C12H25NO2. The van der Waals surface area contributed by atoms with Crippen molar-refractivity contribution in [2.24, 2.45) is 0 Å². The monoisotopic (exact) mass is 215 g/mol. The van der Waals surface area contributed by atoms with Crippen LogP contribution >= 0.6 is 0 Å². The predicted molar refractivity (Wildman–Crippen MR) is 62.8 cm³/mol. The summed E-state index contributed by atoms with van der Waals surface area (Å²) in [5.41, 5.74) is -0.487. The summed E-state index contributed by atoms with van der Waals surface area (Å²) < 4.78 is 4.90. The molecule has 0 saturated carbocycles. The molecule has 0 aromatic rings. The maximum Gasteiger partial charge on any atom is 0.326 e. The Morgan fingerprint density at radius 3 is 2.33 bits per heavy atom. The minimum Gasteiger partial charge on any atom is -0.468 e. The van der Waals surface area contributed by atoms with E-state index in [9.17, 15) is 4.79 Å². The van der Waals surface area contributed by atoms with E-state index >= 15 is 0 Å². The van der Waals surface area contributed by atoms with Gasteiger partial charge in [0.25, 0.3) is 0 Å². The lowest BCUT2D eigenvalue weighted by atomic mass is 9.89. The van der Waals surface area contributed by atoms with Crippen molar-refractivity contribution in [2.45, 2.75) is 65.0 Å². The Kier molecular flexibility index (Phi) is 6.57. The Morgan fingerprint density at radius 2 is 2.00 bits per heavy atom. The Morgan fingerprint density at radius 1 is 1.40 bits per heavy atom. The van der Waals surface area contributed by atoms with Crippen molar-refractivity contribution in [1.82, 2.24) is 5.32 Å². The molecule has 0 aromatic carbocycles. The van der Waals surface area contributed by atoms with E-state index < -0.39 is 5.54 Å². The molecule has 1 unspecified atom stereocenters. The van der Waals surface area contributed by atoms with Crippen LogP contribution in [0.25, 0.3) is 0 Å². The fraction of sp³-hybridized carbons (Fsp3) is 0.917. The third-order valence-electron chi connectivity index (χ3n) is 2.70. The Bertz CT molecular complexity index is 192. The second kappa shape index (κ2) is 6.83. The number of hydrogen-bond donors (Lipinski definition) is 1. The highest BCUT2D eigenvalue weighted by Crippen LogP contribution is 2.21. The van der Waals surface area contributed by atoms with Crippen LogP contribution in [0.15, 0.2) is 0 Å². The van der Waals surface area contributed by atoms with Gasteiger partial charge < -0.3 is 4.74 Å². The van der Waals surface area contributed by atoms with Crippen molar-refractivity contribution in [3.63, 3.8) is 0 Å². The second-order valence-corrected chi connectivity index (χ2v) is 4.33. The highest BCUT2D eigenvalue weighted by molar-refractivity contribution is 5.80. The van der Waals surface area contributed by atoms with Crippen molar-refractivity contribution in [1.29, 1.82) is 0 Å². The molecule has 0 heterocycles. The zero-order valence-electron chi connectivity index (χ0n) is 10.7. The Balaban J connectivity index is 4.67. The molecule has 0 amide bonds. The van der Waals surface area contributed by atoms with Crippen LogP contribution in [0.1, 0.15) is 53.4 Å². The number of ether oxygens (including phenoxy) is 1. The van der Waals surface area contributed by atoms with E-state index in [1.54, 1.807) is 0 Å². The summed E-state index contributed by atoms with van der Waals surface area (Å²) in [6.07, 6.45) is 3.77. The van der Waals surface area contributed by atoms with Gasteiger partial charge in [-0.25, -0.2) is 0 Å². The first kappa shape index (κ1) is 14.4. The van der Waals surface area contributed by atoms with Crippen LogP contribution in [0, 0.1) is 0 Å². The molecule has 0 spiro atoms. The van der Waals surface area contributed by atoms with Crippen LogP contribution in [0.2, 0.25) is 0 Å². The summed E-state index contributed by atoms with van der Waals surface area (Å²) in [6.45, 7) is 8.27. The van der Waals surface area contributed by atoms with Gasteiger partial charge in [0.1, 0.15) is 5.54 Å². The quantitative estimate of drug-likeness (QED) is 0.663. The van der Waals surface area contributed by atoms with Crippen molar-refractivity contribution in [3.05, 3.63) is 0 Å². The largest absolute Gasteiger partial charge is 0.468 e. The maximum absolute atomic E-state index is 11.8. The molecule has 0 radical (unpaired) electrons. The number of rotatable bonds is 7. The summed E-state index contributed by atoms with van der Waals surface area (Å²) >= 11 is 0. The van der Waals surface area contributed by atoms with Crippen LogP contribution in [0.4, 0.5) is 0 Å². The SMILES string of the molecule is CCCCC(CC)(NC(C)C)C(=O)OC. The van der Waals surface area contributed by atoms with E-state index in [1.165, 1.54) is 7.11 Å². The molecule has 90 valence electrons. The molecule has 0 bridgehead atoms. The van der Waals surface area contributed by atoms with Crippen LogP contribution < -0.4 is 5.32 Å². The summed E-state index contributed by atoms with van der Waals surface area (Å²) in [7, 11) is 1.46. The predicted octanol–water partition coefficient (Wildman–Crippen LogP) is 2.50. The zero-order valence-corrected chi connectivity index (χ0v) is 10.7. The lowest BCUT2D eigenvalue weighted by Gasteiger charge is -2.33. The van der Waals surface area contributed by atoms with Gasteiger partial charge in [-0.05, 0) is 26.7 Å². The first-order chi connectivity index (χ1) is 7.02. The number of hydrogen-bond acceptors (Lipinski definition) is 3. The Labute approximate surface area is 93.6 Å². The molecule has 3 heteroatoms. The van der Waals surface area contributed by atoms with E-state index in [2.05, 4.69) is 26.1 Å². The summed E-state index contributed by atoms with van der Waals surface area (Å²) in [4.78, 5) is 11.8. The lowest BCUT2D eigenvalue weighted by Crippen LogP contribution is -2.54. The van der Waals surface area contributed by atoms with Gasteiger partial charge in [-0.2, -0.15) is 0 Å². The van der Waals surface area contributed by atoms with Gasteiger partial charge in [-0.3, -0.25) is 10.1 Å². The van der Waals surface area contributed by atoms with Crippen molar-refractivity contribution in [3.8, 4) is 0 Å². The van der Waals surface area contributed by atoms with E-state index in [0.717, 1.165) is 25.7 Å². The van der Waals surface area contributed by atoms with E-state index in [-0.39, 0.29) is 5.97 Å². The lowest BCUT2D eigenvalue weighted by molar-refractivity contribution is -0.149. The first-order valence-electron chi connectivity index (χ1n) is 5.88. The van der Waals surface area contributed by atoms with Crippen LogP contribution in [0.5, 0.6) is 0 Å². The topological polar surface area (TPSA) is 38.3 Å². The number of carbonyl (C=O) groups excluding carboxylic acids is 1. The maximum atomic E-state index is 11.8. The molecule has 1 N–H and O–H groups in total. The zero-order chi connectivity index (χ0) is 11.9. The number of nitrogens with one attached hydrogen (secondary N) is 1. The molecule has 0 aliphatic carbocycles. The second-order valence-electron chi connectivity index (χ2n) is 4.33. The van der Waals surface area contributed by atoms with Crippen molar-refractivity contribution < 1.29 is 9.53 Å². The van der Waals surface area contributed by atoms with Crippen LogP contribution in [-0.4, -0.2) is 24.7 Å². The summed E-state index contributed by atoms with van der Waals surface area (Å²) in [6, 6.07) is 0.293. The molecule has 3 nitrogen and oxygen atoms in total. The smallest absolute Gasteiger partial charge is 0.326 e. The summed E-state index contributed by atoms with van der Waals surface area (Å²) in [5.74, 6) is -0.132. The molecule has 0 aliphatic rings. The summed E-state index contributed by atoms with van der Waals surface area (Å²) in [5, 5.41) is 3.35. The molecule has 15 heavy (non-hydrogen) atoms. The highest BCUT2D eigenvalue weighted by atomic mass is 16.5. The third kappa shape index (κ3) is 4.20. The van der Waals surface area contributed by atoms with Crippen LogP contribution in [-0.2, 0) is 9.53 Å². The normalized spacial score (nSPS) is 15.1. The number of carbonyl (C=O) groups is 1. The van der Waals surface area contributed by atoms with Crippen molar-refractivity contribution >= 4 is 5.97 Å². The average molecular weight is 215 g/mol. The van der Waals surface area contributed by atoms with Gasteiger partial charge in [0.15, 0.2) is 0 Å².